The number of rotatable bonds is 4. The van der Waals surface area contributed by atoms with E-state index in [4.69, 9.17) is 9.47 Å². The van der Waals surface area contributed by atoms with Crippen molar-refractivity contribution in [1.82, 2.24) is 10.3 Å². The molecule has 0 amide bonds. The number of methoxy groups -OCH3 is 1. The number of benzene rings is 1. The predicted molar refractivity (Wildman–Crippen MR) is 84.2 cm³/mol. The first kappa shape index (κ1) is 14.4. The number of nitrogens with zero attached hydrogens (tertiary/aromatic N) is 1. The Morgan fingerprint density at radius 2 is 2.33 bits per heavy atom. The molecule has 5 heteroatoms. The number of nitrogens with one attached hydrogen (secondary N) is 1. The molecule has 4 nitrogen and oxygen atoms in total. The Hall–Kier alpha value is -1.59. The summed E-state index contributed by atoms with van der Waals surface area (Å²) in [5, 5.41) is 6.71. The first-order valence-electron chi connectivity index (χ1n) is 7.21. The summed E-state index contributed by atoms with van der Waals surface area (Å²) in [4.78, 5) is 4.58. The second kappa shape index (κ2) is 6.03. The van der Waals surface area contributed by atoms with Crippen LogP contribution in [0.1, 0.15) is 41.8 Å². The van der Waals surface area contributed by atoms with E-state index in [0.29, 0.717) is 0 Å². The van der Waals surface area contributed by atoms with Crippen molar-refractivity contribution in [2.45, 2.75) is 32.4 Å². The molecule has 21 heavy (non-hydrogen) atoms. The minimum Gasteiger partial charge on any atom is -0.497 e. The summed E-state index contributed by atoms with van der Waals surface area (Å²) in [5.74, 6) is 1.71. The van der Waals surface area contributed by atoms with Gasteiger partial charge in [0.1, 0.15) is 17.6 Å². The van der Waals surface area contributed by atoms with Crippen molar-refractivity contribution < 1.29 is 9.47 Å². The average Bonchev–Trinajstić information content (AvgIpc) is 2.93. The topological polar surface area (TPSA) is 43.4 Å². The molecular weight excluding hydrogens is 284 g/mol. The van der Waals surface area contributed by atoms with Crippen LogP contribution in [0.25, 0.3) is 0 Å². The summed E-state index contributed by atoms with van der Waals surface area (Å²) in [6, 6.07) is 6.33. The van der Waals surface area contributed by atoms with Crippen molar-refractivity contribution in [3.05, 3.63) is 39.8 Å². The minimum absolute atomic E-state index is 0.00129. The summed E-state index contributed by atoms with van der Waals surface area (Å²) in [5.41, 5.74) is 2.22. The predicted octanol–water partition coefficient (Wildman–Crippen LogP) is 3.63. The zero-order valence-electron chi connectivity index (χ0n) is 12.6. The van der Waals surface area contributed by atoms with Crippen molar-refractivity contribution in [2.75, 3.05) is 13.7 Å². The van der Waals surface area contributed by atoms with Gasteiger partial charge in [-0.3, -0.25) is 0 Å². The van der Waals surface area contributed by atoms with E-state index in [1.165, 1.54) is 5.56 Å². The molecule has 2 aromatic rings. The number of fused-ring (bicyclic) bond motifs is 1. The highest BCUT2D eigenvalue weighted by Gasteiger charge is 2.30. The molecule has 2 atom stereocenters. The van der Waals surface area contributed by atoms with E-state index >= 15 is 0 Å². The Labute approximate surface area is 129 Å². The normalized spacial score (nSPS) is 20.7. The van der Waals surface area contributed by atoms with Crippen LogP contribution in [0.4, 0.5) is 0 Å². The van der Waals surface area contributed by atoms with Gasteiger partial charge in [-0.15, -0.1) is 11.3 Å². The third kappa shape index (κ3) is 2.89. The second-order valence-electron chi connectivity index (χ2n) is 5.15. The van der Waals surface area contributed by atoms with E-state index in [9.17, 15) is 0 Å². The molecule has 0 fully saturated rings. The molecule has 0 saturated heterocycles. The van der Waals surface area contributed by atoms with Crippen LogP contribution in [0.3, 0.4) is 0 Å². The average molecular weight is 304 g/mol. The molecule has 0 aliphatic carbocycles. The van der Waals surface area contributed by atoms with Gasteiger partial charge in [0.05, 0.1) is 17.8 Å². The maximum Gasteiger partial charge on any atom is 0.143 e. The summed E-state index contributed by atoms with van der Waals surface area (Å²) < 4.78 is 11.5. The van der Waals surface area contributed by atoms with Gasteiger partial charge >= 0.3 is 0 Å². The lowest BCUT2D eigenvalue weighted by Crippen LogP contribution is -2.29. The summed E-state index contributed by atoms with van der Waals surface area (Å²) >= 11 is 1.67. The van der Waals surface area contributed by atoms with Crippen molar-refractivity contribution in [2.24, 2.45) is 0 Å². The standard InChI is InChI=1S/C16H20N2O2S/c1-4-17-13-8-16(14-9-21-10(2)18-14)20-15-7-11(19-3)5-6-12(13)15/h5-7,9,13,16-17H,4,8H2,1-3H3. The minimum atomic E-state index is -0.00129. The summed E-state index contributed by atoms with van der Waals surface area (Å²) in [6.45, 7) is 5.08. The third-order valence-corrected chi connectivity index (χ3v) is 4.52. The van der Waals surface area contributed by atoms with Gasteiger partial charge in [0, 0.05) is 29.5 Å². The molecule has 2 unspecified atom stereocenters. The van der Waals surface area contributed by atoms with Gasteiger partial charge in [0.15, 0.2) is 0 Å². The highest BCUT2D eigenvalue weighted by atomic mass is 32.1. The third-order valence-electron chi connectivity index (χ3n) is 3.73. The van der Waals surface area contributed by atoms with Crippen molar-refractivity contribution >= 4 is 11.3 Å². The monoisotopic (exact) mass is 304 g/mol. The summed E-state index contributed by atoms with van der Waals surface area (Å²) in [6.07, 6.45) is 0.898. The van der Waals surface area contributed by atoms with Crippen LogP contribution in [0.2, 0.25) is 0 Å². The van der Waals surface area contributed by atoms with Crippen LogP contribution in [-0.2, 0) is 0 Å². The number of aryl methyl sites for hydroxylation is 1. The van der Waals surface area contributed by atoms with E-state index in [0.717, 1.165) is 35.2 Å². The zero-order valence-corrected chi connectivity index (χ0v) is 13.4. The van der Waals surface area contributed by atoms with Crippen LogP contribution in [0.15, 0.2) is 23.6 Å². The van der Waals surface area contributed by atoms with Gasteiger partial charge in [-0.05, 0) is 19.5 Å². The fraction of sp³-hybridized carbons (Fsp3) is 0.438. The van der Waals surface area contributed by atoms with E-state index < -0.39 is 0 Å². The fourth-order valence-corrected chi connectivity index (χ4v) is 3.38. The lowest BCUT2D eigenvalue weighted by molar-refractivity contribution is 0.148. The first-order chi connectivity index (χ1) is 10.2. The van der Waals surface area contributed by atoms with Crippen molar-refractivity contribution in [1.29, 1.82) is 0 Å². The van der Waals surface area contributed by atoms with Crippen molar-refractivity contribution in [3.8, 4) is 11.5 Å². The number of thiazole rings is 1. The van der Waals surface area contributed by atoms with E-state index in [1.807, 2.05) is 19.1 Å². The zero-order chi connectivity index (χ0) is 14.8. The van der Waals surface area contributed by atoms with Crippen LogP contribution in [-0.4, -0.2) is 18.6 Å². The van der Waals surface area contributed by atoms with Crippen LogP contribution >= 0.6 is 11.3 Å². The number of aromatic nitrogens is 1. The fourth-order valence-electron chi connectivity index (χ4n) is 2.72. The number of hydrogen-bond donors (Lipinski definition) is 1. The Bertz CT molecular complexity index is 626. The van der Waals surface area contributed by atoms with Crippen molar-refractivity contribution in [3.63, 3.8) is 0 Å². The molecule has 0 spiro atoms. The first-order valence-corrected chi connectivity index (χ1v) is 8.09. The maximum absolute atomic E-state index is 6.17. The van der Waals surface area contributed by atoms with Gasteiger partial charge in [0.2, 0.25) is 0 Å². The molecule has 1 aliphatic heterocycles. The molecule has 112 valence electrons. The Balaban J connectivity index is 1.94. The Morgan fingerprint density at radius 3 is 3.00 bits per heavy atom. The molecule has 0 saturated carbocycles. The molecule has 1 N–H and O–H groups in total. The van der Waals surface area contributed by atoms with Crippen LogP contribution in [0.5, 0.6) is 11.5 Å². The van der Waals surface area contributed by atoms with E-state index in [-0.39, 0.29) is 12.1 Å². The maximum atomic E-state index is 6.17. The quantitative estimate of drug-likeness (QED) is 0.936. The molecule has 0 bridgehead atoms. The van der Waals surface area contributed by atoms with E-state index in [1.54, 1.807) is 18.4 Å². The molecule has 2 heterocycles. The second-order valence-corrected chi connectivity index (χ2v) is 6.21. The Morgan fingerprint density at radius 1 is 1.48 bits per heavy atom. The van der Waals surface area contributed by atoms with Gasteiger partial charge < -0.3 is 14.8 Å². The molecule has 1 aliphatic rings. The van der Waals surface area contributed by atoms with Crippen LogP contribution in [0, 0.1) is 6.92 Å². The van der Waals surface area contributed by atoms with Gasteiger partial charge in [-0.2, -0.15) is 0 Å². The smallest absolute Gasteiger partial charge is 0.143 e. The molecular formula is C16H20N2O2S. The number of hydrogen-bond acceptors (Lipinski definition) is 5. The molecule has 0 radical (unpaired) electrons. The Kier molecular flexibility index (Phi) is 4.12. The highest BCUT2D eigenvalue weighted by molar-refractivity contribution is 7.09. The highest BCUT2D eigenvalue weighted by Crippen LogP contribution is 2.42. The van der Waals surface area contributed by atoms with E-state index in [2.05, 4.69) is 28.7 Å². The SMILES string of the molecule is CCNC1CC(c2csc(C)n2)Oc2cc(OC)ccc21. The number of ether oxygens (including phenoxy) is 2. The van der Waals surface area contributed by atoms with Gasteiger partial charge in [0.25, 0.3) is 0 Å². The summed E-state index contributed by atoms with van der Waals surface area (Å²) in [7, 11) is 1.67. The van der Waals surface area contributed by atoms with Crippen LogP contribution < -0.4 is 14.8 Å². The largest absolute Gasteiger partial charge is 0.497 e. The lowest BCUT2D eigenvalue weighted by Gasteiger charge is -2.32. The molecule has 1 aromatic carbocycles. The lowest BCUT2D eigenvalue weighted by atomic mass is 9.95. The van der Waals surface area contributed by atoms with Gasteiger partial charge in [-0.1, -0.05) is 13.0 Å². The molecule has 1 aromatic heterocycles. The van der Waals surface area contributed by atoms with Gasteiger partial charge in [-0.25, -0.2) is 4.98 Å². The molecule has 3 rings (SSSR count).